The third-order valence-electron chi connectivity index (χ3n) is 5.44. The number of benzene rings is 2. The average Bonchev–Trinajstić information content (AvgIpc) is 3.42. The van der Waals surface area contributed by atoms with Crippen molar-refractivity contribution < 1.29 is 19.1 Å². The van der Waals surface area contributed by atoms with E-state index in [0.29, 0.717) is 28.3 Å². The predicted molar refractivity (Wildman–Crippen MR) is 125 cm³/mol. The van der Waals surface area contributed by atoms with E-state index in [9.17, 15) is 9.59 Å². The second-order valence-corrected chi connectivity index (χ2v) is 8.99. The van der Waals surface area contributed by atoms with Gasteiger partial charge in [0.25, 0.3) is 5.91 Å². The molecular weight excluding hydrogens is 426 g/mol. The molecule has 3 aliphatic rings. The molecule has 2 aromatic carbocycles. The summed E-state index contributed by atoms with van der Waals surface area (Å²) in [5.41, 5.74) is 2.92. The van der Waals surface area contributed by atoms with E-state index in [1.54, 1.807) is 11.0 Å². The fraction of sp³-hybridized carbons (Fsp3) is 0.292. The van der Waals surface area contributed by atoms with E-state index in [1.165, 1.54) is 24.6 Å². The number of carbonyl (C=O) groups is 2. The zero-order chi connectivity index (χ0) is 22.1. The number of hydrogen-bond acceptors (Lipinski definition) is 6. The number of carbonyl (C=O) groups excluding carboxylic acids is 2. The number of nitrogens with one attached hydrogen (secondary N) is 1. The maximum Gasteiger partial charge on any atom is 0.283 e. The zero-order valence-corrected chi connectivity index (χ0v) is 18.5. The van der Waals surface area contributed by atoms with Crippen LogP contribution in [0.5, 0.6) is 11.5 Å². The lowest BCUT2D eigenvalue weighted by atomic mass is 10.1. The lowest BCUT2D eigenvalue weighted by molar-refractivity contribution is -0.118. The molecule has 164 valence electrons. The standard InChI is InChI=1S/C24H23N3O4S/c1-15-2-7-18(8-3-15)27-23(29)19(10-17-6-9-20-21(11-17)31-14-30-20)26-24(27)32-13-22(28)25-12-16-4-5-16/h2-3,6-11,16H,4-5,12-14H2,1H3,(H,25,28)/b19-10+. The predicted octanol–water partition coefficient (Wildman–Crippen LogP) is 3.73. The smallest absolute Gasteiger partial charge is 0.283 e. The monoisotopic (exact) mass is 449 g/mol. The average molecular weight is 450 g/mol. The third kappa shape index (κ3) is 4.50. The highest BCUT2D eigenvalue weighted by Gasteiger charge is 2.32. The van der Waals surface area contributed by atoms with Gasteiger partial charge >= 0.3 is 0 Å². The molecule has 1 fully saturated rings. The Morgan fingerprint density at radius 1 is 1.19 bits per heavy atom. The van der Waals surface area contributed by atoms with E-state index in [1.807, 2.05) is 49.4 Å². The van der Waals surface area contributed by atoms with Gasteiger partial charge in [0.2, 0.25) is 12.7 Å². The van der Waals surface area contributed by atoms with Crippen molar-refractivity contribution in [3.05, 3.63) is 59.3 Å². The summed E-state index contributed by atoms with van der Waals surface area (Å²) in [7, 11) is 0. The molecule has 0 atom stereocenters. The molecule has 2 aromatic rings. The number of ether oxygens (including phenoxy) is 2. The summed E-state index contributed by atoms with van der Waals surface area (Å²) >= 11 is 1.27. The van der Waals surface area contributed by atoms with Crippen molar-refractivity contribution in [1.82, 2.24) is 5.32 Å². The zero-order valence-electron chi connectivity index (χ0n) is 17.7. The van der Waals surface area contributed by atoms with Crippen LogP contribution in [0, 0.1) is 12.8 Å². The number of nitrogens with zero attached hydrogens (tertiary/aromatic N) is 2. The minimum absolute atomic E-state index is 0.0471. The molecule has 5 rings (SSSR count). The lowest BCUT2D eigenvalue weighted by Gasteiger charge is -2.18. The van der Waals surface area contributed by atoms with Crippen molar-refractivity contribution >= 4 is 40.5 Å². The lowest BCUT2D eigenvalue weighted by Crippen LogP contribution is -2.32. The Hall–Kier alpha value is -3.26. The summed E-state index contributed by atoms with van der Waals surface area (Å²) in [6.07, 6.45) is 4.10. The Bertz CT molecular complexity index is 1120. The van der Waals surface area contributed by atoms with Gasteiger partial charge in [0.05, 0.1) is 11.4 Å². The Morgan fingerprint density at radius 2 is 1.97 bits per heavy atom. The van der Waals surface area contributed by atoms with Gasteiger partial charge in [0.1, 0.15) is 5.70 Å². The van der Waals surface area contributed by atoms with E-state index in [-0.39, 0.29) is 24.4 Å². The molecule has 0 bridgehead atoms. The second-order valence-electron chi connectivity index (χ2n) is 8.05. The molecule has 0 aromatic heterocycles. The van der Waals surface area contributed by atoms with Crippen LogP contribution in [0.25, 0.3) is 6.08 Å². The van der Waals surface area contributed by atoms with Crippen molar-refractivity contribution in [1.29, 1.82) is 0 Å². The highest BCUT2D eigenvalue weighted by Crippen LogP contribution is 2.34. The number of amidine groups is 1. The van der Waals surface area contributed by atoms with Gasteiger partial charge in [-0.3, -0.25) is 14.5 Å². The van der Waals surface area contributed by atoms with Crippen LogP contribution in [-0.2, 0) is 9.59 Å². The summed E-state index contributed by atoms with van der Waals surface area (Å²) in [6.45, 7) is 2.91. The van der Waals surface area contributed by atoms with Crippen molar-refractivity contribution in [2.75, 3.05) is 24.0 Å². The minimum Gasteiger partial charge on any atom is -0.454 e. The van der Waals surface area contributed by atoms with Gasteiger partial charge in [-0.1, -0.05) is 35.5 Å². The first-order chi connectivity index (χ1) is 15.6. The number of rotatable bonds is 6. The van der Waals surface area contributed by atoms with E-state index < -0.39 is 0 Å². The number of aliphatic imine (C=N–C) groups is 1. The minimum atomic E-state index is -0.229. The topological polar surface area (TPSA) is 80.2 Å². The number of aryl methyl sites for hydroxylation is 1. The Labute approximate surface area is 190 Å². The SMILES string of the molecule is Cc1ccc(N2C(=O)/C(=C\c3ccc4c(c3)OCO4)N=C2SCC(=O)NCC2CC2)cc1. The summed E-state index contributed by atoms with van der Waals surface area (Å²) in [4.78, 5) is 31.7. The van der Waals surface area contributed by atoms with E-state index >= 15 is 0 Å². The van der Waals surface area contributed by atoms with Crippen LogP contribution < -0.4 is 19.7 Å². The molecule has 2 aliphatic heterocycles. The van der Waals surface area contributed by atoms with Gasteiger partial charge in [-0.15, -0.1) is 0 Å². The first-order valence-electron chi connectivity index (χ1n) is 10.6. The maximum absolute atomic E-state index is 13.3. The van der Waals surface area contributed by atoms with Crippen LogP contribution in [0.1, 0.15) is 24.0 Å². The number of fused-ring (bicyclic) bond motifs is 1. The molecule has 8 heteroatoms. The van der Waals surface area contributed by atoms with Crippen molar-refractivity contribution in [2.45, 2.75) is 19.8 Å². The van der Waals surface area contributed by atoms with Gasteiger partial charge in [-0.05, 0) is 61.6 Å². The van der Waals surface area contributed by atoms with Gasteiger partial charge in [0.15, 0.2) is 16.7 Å². The van der Waals surface area contributed by atoms with Crippen LogP contribution in [0.3, 0.4) is 0 Å². The molecule has 0 unspecified atom stereocenters. The molecule has 1 aliphatic carbocycles. The van der Waals surface area contributed by atoms with Crippen LogP contribution in [0.15, 0.2) is 53.2 Å². The molecule has 2 amide bonds. The van der Waals surface area contributed by atoms with E-state index in [4.69, 9.17) is 9.47 Å². The Morgan fingerprint density at radius 3 is 2.75 bits per heavy atom. The molecule has 32 heavy (non-hydrogen) atoms. The second kappa shape index (κ2) is 8.70. The van der Waals surface area contributed by atoms with E-state index in [2.05, 4.69) is 10.3 Å². The van der Waals surface area contributed by atoms with Crippen molar-refractivity contribution in [2.24, 2.45) is 10.9 Å². The molecule has 0 saturated heterocycles. The first kappa shape index (κ1) is 20.6. The molecule has 1 N–H and O–H groups in total. The number of amides is 2. The Kier molecular flexibility index (Phi) is 5.61. The largest absolute Gasteiger partial charge is 0.454 e. The van der Waals surface area contributed by atoms with Crippen LogP contribution in [-0.4, -0.2) is 36.1 Å². The fourth-order valence-electron chi connectivity index (χ4n) is 3.44. The fourth-order valence-corrected chi connectivity index (χ4v) is 4.28. The van der Waals surface area contributed by atoms with Gasteiger partial charge in [-0.2, -0.15) is 0 Å². The van der Waals surface area contributed by atoms with Crippen molar-refractivity contribution in [3.63, 3.8) is 0 Å². The number of anilines is 1. The Balaban J connectivity index is 1.38. The van der Waals surface area contributed by atoms with E-state index in [0.717, 1.165) is 23.4 Å². The quantitative estimate of drug-likeness (QED) is 0.680. The highest BCUT2D eigenvalue weighted by molar-refractivity contribution is 8.14. The summed E-state index contributed by atoms with van der Waals surface area (Å²) in [5, 5.41) is 3.45. The molecule has 0 radical (unpaired) electrons. The van der Waals surface area contributed by atoms with Gasteiger partial charge in [-0.25, -0.2) is 4.99 Å². The molecular formula is C24H23N3O4S. The normalized spacial score (nSPS) is 18.3. The van der Waals surface area contributed by atoms with Gasteiger partial charge in [0, 0.05) is 6.54 Å². The molecule has 0 spiro atoms. The summed E-state index contributed by atoms with van der Waals surface area (Å²) < 4.78 is 10.8. The van der Waals surface area contributed by atoms with Crippen LogP contribution in [0.2, 0.25) is 0 Å². The number of thioether (sulfide) groups is 1. The maximum atomic E-state index is 13.3. The van der Waals surface area contributed by atoms with Crippen molar-refractivity contribution in [3.8, 4) is 11.5 Å². The van der Waals surface area contributed by atoms with Crippen LogP contribution >= 0.6 is 11.8 Å². The first-order valence-corrected chi connectivity index (χ1v) is 11.6. The third-order valence-corrected chi connectivity index (χ3v) is 6.38. The summed E-state index contributed by atoms with van der Waals surface area (Å²) in [6, 6.07) is 13.2. The molecule has 2 heterocycles. The highest BCUT2D eigenvalue weighted by atomic mass is 32.2. The summed E-state index contributed by atoms with van der Waals surface area (Å²) in [5.74, 6) is 1.88. The van der Waals surface area contributed by atoms with Gasteiger partial charge < -0.3 is 14.8 Å². The molecule has 1 saturated carbocycles. The molecule has 7 nitrogen and oxygen atoms in total. The number of hydrogen-bond donors (Lipinski definition) is 1. The van der Waals surface area contributed by atoms with Crippen LogP contribution in [0.4, 0.5) is 5.69 Å².